The van der Waals surface area contributed by atoms with Crippen molar-refractivity contribution in [3.05, 3.63) is 71.8 Å². The standard InChI is InChI=1S/C47H63N7O14/c1-28(58)32(25-55)23-40(62)37(21-30-10-14-35(60)15-11-30)52-45(67)31(20-29-8-12-34(59)13-9-29)22-41(63)38(27-57)53-46(68)33(26-56)24-39(61)36(6-5-18-50-47(48)49)51-42(64)7-3-2-4-19-54-43(65)16-17-44(54)66/h8-17,31-33,36-38,55-57,59-60H,2-7,18-27H2,1H3,(H,51,64)(H,52,67)(H,53,68)(H4,48,49,50). The Balaban J connectivity index is 1.74. The minimum atomic E-state index is -1.63. The van der Waals surface area contributed by atoms with Crippen LogP contribution in [-0.2, 0) is 56.0 Å². The number of phenols is 2. The van der Waals surface area contributed by atoms with Gasteiger partial charge in [-0.3, -0.25) is 53.0 Å². The molecule has 2 aromatic rings. The third-order valence-corrected chi connectivity index (χ3v) is 11.3. The number of aromatic hydroxyl groups is 2. The maximum Gasteiger partial charge on any atom is 0.253 e. The van der Waals surface area contributed by atoms with Crippen LogP contribution in [0.3, 0.4) is 0 Å². The number of hydrogen-bond acceptors (Lipinski definition) is 15. The molecule has 12 N–H and O–H groups in total. The molecule has 0 aliphatic carbocycles. The predicted molar refractivity (Wildman–Crippen MR) is 245 cm³/mol. The van der Waals surface area contributed by atoms with Crippen LogP contribution in [0.15, 0.2) is 65.7 Å². The molecule has 1 aliphatic heterocycles. The number of nitrogens with two attached hydrogens (primary N) is 2. The van der Waals surface area contributed by atoms with Gasteiger partial charge in [-0.05, 0) is 80.8 Å². The van der Waals surface area contributed by atoms with Crippen LogP contribution in [0, 0.1) is 17.8 Å². The number of nitrogens with one attached hydrogen (secondary N) is 3. The molecule has 0 radical (unpaired) electrons. The Morgan fingerprint density at radius 2 is 1.10 bits per heavy atom. The number of rotatable bonds is 32. The maximum absolute atomic E-state index is 14.1. The van der Waals surface area contributed by atoms with Crippen molar-refractivity contribution in [1.29, 1.82) is 0 Å². The topological polar surface area (TPSA) is 359 Å². The average molecular weight is 950 g/mol. The van der Waals surface area contributed by atoms with Crippen molar-refractivity contribution >= 4 is 58.6 Å². The van der Waals surface area contributed by atoms with E-state index in [0.29, 0.717) is 30.4 Å². The molecule has 6 unspecified atom stereocenters. The van der Waals surface area contributed by atoms with Crippen molar-refractivity contribution in [3.63, 3.8) is 0 Å². The van der Waals surface area contributed by atoms with Gasteiger partial charge >= 0.3 is 0 Å². The van der Waals surface area contributed by atoms with E-state index in [0.717, 1.165) is 4.90 Å². The number of amides is 5. The Bertz CT molecular complexity index is 2120. The first-order valence-electron chi connectivity index (χ1n) is 22.3. The molecular formula is C47H63N7O14. The highest BCUT2D eigenvalue weighted by Crippen LogP contribution is 2.21. The first-order chi connectivity index (χ1) is 32.3. The number of nitrogens with zero attached hydrogens (tertiary/aromatic N) is 2. The fraction of sp³-hybridized carbons (Fsp3) is 0.489. The summed E-state index contributed by atoms with van der Waals surface area (Å²) in [6, 6.07) is 7.50. The molecule has 21 nitrogen and oxygen atoms in total. The van der Waals surface area contributed by atoms with Gasteiger partial charge in [-0.1, -0.05) is 30.7 Å². The molecule has 370 valence electrons. The molecule has 1 heterocycles. The van der Waals surface area contributed by atoms with Gasteiger partial charge in [-0.25, -0.2) is 0 Å². The van der Waals surface area contributed by atoms with Gasteiger partial charge < -0.3 is 53.0 Å². The van der Waals surface area contributed by atoms with Crippen LogP contribution < -0.4 is 27.4 Å². The summed E-state index contributed by atoms with van der Waals surface area (Å²) < 4.78 is 0. The lowest BCUT2D eigenvalue weighted by molar-refractivity contribution is -0.137. The van der Waals surface area contributed by atoms with E-state index < -0.39 is 128 Å². The first-order valence-corrected chi connectivity index (χ1v) is 22.3. The van der Waals surface area contributed by atoms with Gasteiger partial charge in [0.05, 0.1) is 37.8 Å². The number of aliphatic hydroxyl groups excluding tert-OH is 3. The highest BCUT2D eigenvalue weighted by atomic mass is 16.3. The number of guanidine groups is 1. The largest absolute Gasteiger partial charge is 0.508 e. The lowest BCUT2D eigenvalue weighted by Gasteiger charge is -2.25. The molecule has 21 heteroatoms. The van der Waals surface area contributed by atoms with Gasteiger partial charge in [-0.15, -0.1) is 0 Å². The molecule has 0 aromatic heterocycles. The van der Waals surface area contributed by atoms with Crippen molar-refractivity contribution in [3.8, 4) is 11.5 Å². The number of ketones is 4. The van der Waals surface area contributed by atoms with Crippen LogP contribution in [0.1, 0.15) is 75.8 Å². The number of aliphatic imine (C=N–C) groups is 1. The monoisotopic (exact) mass is 949 g/mol. The number of carbonyl (C=O) groups excluding carboxylic acids is 9. The van der Waals surface area contributed by atoms with Gasteiger partial charge in [0.2, 0.25) is 17.7 Å². The van der Waals surface area contributed by atoms with Gasteiger partial charge in [0.1, 0.15) is 23.3 Å². The van der Waals surface area contributed by atoms with Gasteiger partial charge in [0, 0.05) is 62.8 Å². The van der Waals surface area contributed by atoms with E-state index in [2.05, 4.69) is 20.9 Å². The van der Waals surface area contributed by atoms with Gasteiger partial charge in [0.15, 0.2) is 23.3 Å². The quantitative estimate of drug-likeness (QED) is 0.0185. The molecular weight excluding hydrogens is 887 g/mol. The summed E-state index contributed by atoms with van der Waals surface area (Å²) in [5.74, 6) is -9.69. The van der Waals surface area contributed by atoms with Crippen molar-refractivity contribution in [2.45, 2.75) is 95.7 Å². The molecule has 6 atom stereocenters. The zero-order chi connectivity index (χ0) is 50.3. The summed E-state index contributed by atoms with van der Waals surface area (Å²) in [6.45, 7) is -0.937. The molecule has 0 fully saturated rings. The van der Waals surface area contributed by atoms with E-state index in [1.165, 1.54) is 67.6 Å². The van der Waals surface area contributed by atoms with E-state index >= 15 is 0 Å². The lowest BCUT2D eigenvalue weighted by atomic mass is 9.89. The number of hydrogen-bond donors (Lipinski definition) is 10. The molecule has 68 heavy (non-hydrogen) atoms. The second-order valence-corrected chi connectivity index (χ2v) is 16.7. The van der Waals surface area contributed by atoms with Crippen molar-refractivity contribution in [1.82, 2.24) is 20.9 Å². The van der Waals surface area contributed by atoms with Crippen molar-refractivity contribution in [2.24, 2.45) is 34.2 Å². The predicted octanol–water partition coefficient (Wildman–Crippen LogP) is -0.831. The number of aliphatic hydroxyl groups is 3. The second-order valence-electron chi connectivity index (χ2n) is 16.7. The number of carbonyl (C=O) groups is 9. The molecule has 0 bridgehead atoms. The van der Waals surface area contributed by atoms with Crippen LogP contribution in [0.2, 0.25) is 0 Å². The zero-order valence-electron chi connectivity index (χ0n) is 38.0. The highest BCUT2D eigenvalue weighted by molar-refractivity contribution is 6.12. The fourth-order valence-corrected chi connectivity index (χ4v) is 7.29. The van der Waals surface area contributed by atoms with E-state index in [-0.39, 0.29) is 62.7 Å². The minimum absolute atomic E-state index is 0.00673. The van der Waals surface area contributed by atoms with Gasteiger partial charge in [-0.2, -0.15) is 0 Å². The Morgan fingerprint density at radius 3 is 1.65 bits per heavy atom. The SMILES string of the molecule is CC(=O)C(CO)CC(=O)C(Cc1ccc(O)cc1)NC(=O)C(CC(=O)C(CO)NC(=O)C(CO)CC(=O)C(CCCN=C(N)N)NC(=O)CCCCCN1C(=O)C=CC1=O)Cc1ccc(O)cc1. The van der Waals surface area contributed by atoms with Crippen LogP contribution in [0.4, 0.5) is 0 Å². The number of benzene rings is 2. The van der Waals surface area contributed by atoms with E-state index in [1.807, 2.05) is 0 Å². The summed E-state index contributed by atoms with van der Waals surface area (Å²) >= 11 is 0. The van der Waals surface area contributed by atoms with Crippen LogP contribution in [0.25, 0.3) is 0 Å². The number of unbranched alkanes of at least 4 members (excludes halogenated alkanes) is 2. The van der Waals surface area contributed by atoms with E-state index in [9.17, 15) is 68.7 Å². The highest BCUT2D eigenvalue weighted by Gasteiger charge is 2.34. The zero-order valence-corrected chi connectivity index (χ0v) is 38.0. The lowest BCUT2D eigenvalue weighted by Crippen LogP contribution is -2.50. The average Bonchev–Trinajstić information content (AvgIpc) is 3.62. The normalized spacial score (nSPS) is 14.8. The van der Waals surface area contributed by atoms with Crippen LogP contribution in [-0.4, -0.2) is 140 Å². The Morgan fingerprint density at radius 1 is 0.603 bits per heavy atom. The molecule has 0 spiro atoms. The van der Waals surface area contributed by atoms with Crippen molar-refractivity contribution < 1.29 is 68.7 Å². The summed E-state index contributed by atoms with van der Waals surface area (Å²) in [5.41, 5.74) is 11.8. The smallest absolute Gasteiger partial charge is 0.253 e. The summed E-state index contributed by atoms with van der Waals surface area (Å²) in [5, 5.41) is 57.6. The van der Waals surface area contributed by atoms with E-state index in [4.69, 9.17) is 11.5 Å². The number of Topliss-reactive ketones (excluding diaryl/α,β-unsaturated/α-hetero) is 4. The third kappa shape index (κ3) is 18.8. The van der Waals surface area contributed by atoms with Crippen LogP contribution >= 0.6 is 0 Å². The Hall–Kier alpha value is -6.84. The maximum atomic E-state index is 14.1. The Labute approximate surface area is 393 Å². The van der Waals surface area contributed by atoms with E-state index in [1.54, 1.807) is 0 Å². The summed E-state index contributed by atoms with van der Waals surface area (Å²) in [6.07, 6.45) is 2.10. The first kappa shape index (κ1) is 55.5. The summed E-state index contributed by atoms with van der Waals surface area (Å²) in [4.78, 5) is 122. The number of imide groups is 1. The van der Waals surface area contributed by atoms with Gasteiger partial charge in [0.25, 0.3) is 11.8 Å². The summed E-state index contributed by atoms with van der Waals surface area (Å²) in [7, 11) is 0. The molecule has 2 aromatic carbocycles. The molecule has 1 aliphatic rings. The third-order valence-electron chi connectivity index (χ3n) is 11.3. The van der Waals surface area contributed by atoms with Crippen molar-refractivity contribution in [2.75, 3.05) is 32.9 Å². The molecule has 0 saturated heterocycles. The molecule has 5 amide bonds. The Kier molecular flexibility index (Phi) is 23.1. The molecule has 3 rings (SSSR count). The second kappa shape index (κ2) is 28.4. The number of phenolic OH excluding ortho intramolecular Hbond substituents is 2. The minimum Gasteiger partial charge on any atom is -0.508 e. The molecule has 0 saturated carbocycles. The fourth-order valence-electron chi connectivity index (χ4n) is 7.29. The van der Waals surface area contributed by atoms with Crippen LogP contribution in [0.5, 0.6) is 11.5 Å².